The maximum atomic E-state index is 4.21. The van der Waals surface area contributed by atoms with Gasteiger partial charge >= 0.3 is 0 Å². The second-order valence-corrected chi connectivity index (χ2v) is 5.34. The number of aromatic nitrogens is 3. The standard InChI is InChI=1S/C9H10N4S2/c1-2-7(14-4-1)6-8-11-12-9-13(8)10-3-5-15-9/h1-2,4,10H,3,5-6H2. The summed E-state index contributed by atoms with van der Waals surface area (Å²) in [4.78, 5) is 1.32. The Hall–Kier alpha value is -1.01. The first-order valence-electron chi connectivity index (χ1n) is 4.77. The van der Waals surface area contributed by atoms with Gasteiger partial charge in [0.05, 0.1) is 0 Å². The Balaban J connectivity index is 1.89. The van der Waals surface area contributed by atoms with Crippen molar-refractivity contribution in [3.63, 3.8) is 0 Å². The Morgan fingerprint density at radius 1 is 1.47 bits per heavy atom. The number of thioether (sulfide) groups is 1. The second-order valence-electron chi connectivity index (χ2n) is 3.25. The Morgan fingerprint density at radius 3 is 3.33 bits per heavy atom. The maximum Gasteiger partial charge on any atom is 0.210 e. The molecule has 0 saturated carbocycles. The highest BCUT2D eigenvalue weighted by Gasteiger charge is 2.16. The summed E-state index contributed by atoms with van der Waals surface area (Å²) in [5.41, 5.74) is 3.30. The molecule has 4 nitrogen and oxygen atoms in total. The molecule has 0 bridgehead atoms. The highest BCUT2D eigenvalue weighted by atomic mass is 32.2. The Morgan fingerprint density at radius 2 is 2.47 bits per heavy atom. The van der Waals surface area contributed by atoms with Crippen LogP contribution in [0.3, 0.4) is 0 Å². The lowest BCUT2D eigenvalue weighted by Crippen LogP contribution is -2.24. The molecule has 1 N–H and O–H groups in total. The minimum Gasteiger partial charge on any atom is -0.321 e. The first-order chi connectivity index (χ1) is 7.43. The molecule has 3 rings (SSSR count). The molecule has 0 radical (unpaired) electrons. The van der Waals surface area contributed by atoms with Crippen molar-refractivity contribution in [3.8, 4) is 0 Å². The zero-order valence-corrected chi connectivity index (χ0v) is 9.64. The number of hydrogen-bond acceptors (Lipinski definition) is 5. The first kappa shape index (κ1) is 9.23. The predicted molar refractivity (Wildman–Crippen MR) is 62.1 cm³/mol. The van der Waals surface area contributed by atoms with E-state index in [2.05, 4.69) is 33.1 Å². The topological polar surface area (TPSA) is 42.7 Å². The van der Waals surface area contributed by atoms with Crippen LogP contribution in [0.15, 0.2) is 22.7 Å². The quantitative estimate of drug-likeness (QED) is 0.862. The summed E-state index contributed by atoms with van der Waals surface area (Å²) in [5.74, 6) is 2.07. The van der Waals surface area contributed by atoms with Crippen molar-refractivity contribution in [3.05, 3.63) is 28.2 Å². The third kappa shape index (κ3) is 1.74. The summed E-state index contributed by atoms with van der Waals surface area (Å²) < 4.78 is 2.01. The maximum absolute atomic E-state index is 4.21. The van der Waals surface area contributed by atoms with E-state index in [-0.39, 0.29) is 0 Å². The van der Waals surface area contributed by atoms with Crippen molar-refractivity contribution < 1.29 is 0 Å². The van der Waals surface area contributed by atoms with E-state index in [0.29, 0.717) is 0 Å². The third-order valence-corrected chi connectivity index (χ3v) is 4.02. The molecule has 0 saturated heterocycles. The molecule has 0 fully saturated rings. The zero-order chi connectivity index (χ0) is 10.1. The van der Waals surface area contributed by atoms with Crippen LogP contribution in [0.1, 0.15) is 10.7 Å². The molecular weight excluding hydrogens is 228 g/mol. The molecule has 0 amide bonds. The molecule has 0 spiro atoms. The van der Waals surface area contributed by atoms with Gasteiger partial charge in [0, 0.05) is 23.6 Å². The molecule has 1 aliphatic heterocycles. The lowest BCUT2D eigenvalue weighted by Gasteiger charge is -2.16. The first-order valence-corrected chi connectivity index (χ1v) is 6.63. The number of hydrogen-bond donors (Lipinski definition) is 1. The second kappa shape index (κ2) is 3.86. The Labute approximate surface area is 95.7 Å². The SMILES string of the molecule is c1csc(Cc2nnc3n2NCCS3)c1. The van der Waals surface area contributed by atoms with Crippen LogP contribution in [0.2, 0.25) is 0 Å². The highest BCUT2D eigenvalue weighted by Crippen LogP contribution is 2.21. The lowest BCUT2D eigenvalue weighted by atomic mass is 10.3. The van der Waals surface area contributed by atoms with Gasteiger partial charge in [0.1, 0.15) is 0 Å². The van der Waals surface area contributed by atoms with Crippen molar-refractivity contribution in [2.75, 3.05) is 17.7 Å². The van der Waals surface area contributed by atoms with E-state index < -0.39 is 0 Å². The molecular formula is C9H10N4S2. The van der Waals surface area contributed by atoms with E-state index in [1.54, 1.807) is 23.1 Å². The Kier molecular flexibility index (Phi) is 2.38. The zero-order valence-electron chi connectivity index (χ0n) is 8.01. The molecule has 0 aromatic carbocycles. The van der Waals surface area contributed by atoms with Crippen LogP contribution in [0.25, 0.3) is 0 Å². The van der Waals surface area contributed by atoms with Crippen LogP contribution in [0.5, 0.6) is 0 Å². The molecule has 15 heavy (non-hydrogen) atoms. The smallest absolute Gasteiger partial charge is 0.210 e. The molecule has 1 aliphatic rings. The van der Waals surface area contributed by atoms with Gasteiger partial charge in [-0.15, -0.1) is 21.5 Å². The summed E-state index contributed by atoms with van der Waals surface area (Å²) in [6, 6.07) is 4.19. The minimum atomic E-state index is 0.859. The van der Waals surface area contributed by atoms with Crippen LogP contribution in [-0.4, -0.2) is 27.2 Å². The largest absolute Gasteiger partial charge is 0.321 e. The third-order valence-electron chi connectivity index (χ3n) is 2.22. The van der Waals surface area contributed by atoms with Crippen molar-refractivity contribution in [1.82, 2.24) is 14.9 Å². The fourth-order valence-corrected chi connectivity index (χ4v) is 3.01. The summed E-state index contributed by atoms with van der Waals surface area (Å²) in [6.45, 7) is 0.979. The highest BCUT2D eigenvalue weighted by molar-refractivity contribution is 7.99. The van der Waals surface area contributed by atoms with Crippen molar-refractivity contribution in [2.24, 2.45) is 0 Å². The van der Waals surface area contributed by atoms with Crippen LogP contribution in [0.4, 0.5) is 0 Å². The molecule has 2 aromatic rings. The van der Waals surface area contributed by atoms with Crippen molar-refractivity contribution in [1.29, 1.82) is 0 Å². The number of nitrogens with zero attached hydrogens (tertiary/aromatic N) is 3. The van der Waals surface area contributed by atoms with Gasteiger partial charge < -0.3 is 5.43 Å². The van der Waals surface area contributed by atoms with Crippen LogP contribution in [-0.2, 0) is 6.42 Å². The van der Waals surface area contributed by atoms with Gasteiger partial charge in [0.2, 0.25) is 5.16 Å². The van der Waals surface area contributed by atoms with E-state index in [1.807, 2.05) is 4.68 Å². The molecule has 0 unspecified atom stereocenters. The van der Waals surface area contributed by atoms with Gasteiger partial charge in [-0.2, -0.15) is 0 Å². The van der Waals surface area contributed by atoms with E-state index >= 15 is 0 Å². The number of nitrogens with one attached hydrogen (secondary N) is 1. The minimum absolute atomic E-state index is 0.859. The van der Waals surface area contributed by atoms with Crippen LogP contribution >= 0.6 is 23.1 Å². The molecule has 2 aromatic heterocycles. The predicted octanol–water partition coefficient (Wildman–Crippen LogP) is 1.58. The number of thiophene rings is 1. The molecule has 6 heteroatoms. The summed E-state index contributed by atoms with van der Waals surface area (Å²) in [7, 11) is 0. The van der Waals surface area contributed by atoms with Crippen molar-refractivity contribution in [2.45, 2.75) is 11.6 Å². The molecule has 3 heterocycles. The van der Waals surface area contributed by atoms with Gasteiger partial charge in [0.15, 0.2) is 5.82 Å². The van der Waals surface area contributed by atoms with Crippen LogP contribution < -0.4 is 5.43 Å². The monoisotopic (exact) mass is 238 g/mol. The van der Waals surface area contributed by atoms with E-state index in [4.69, 9.17) is 0 Å². The average Bonchev–Trinajstić information content (AvgIpc) is 2.89. The van der Waals surface area contributed by atoms with E-state index in [0.717, 1.165) is 29.7 Å². The fourth-order valence-electron chi connectivity index (χ4n) is 1.54. The summed E-state index contributed by atoms with van der Waals surface area (Å²) >= 11 is 3.51. The van der Waals surface area contributed by atoms with Crippen LogP contribution in [0, 0.1) is 0 Å². The number of fused-ring (bicyclic) bond motifs is 1. The van der Waals surface area contributed by atoms with Gasteiger partial charge in [0.25, 0.3) is 0 Å². The molecule has 0 aliphatic carbocycles. The summed E-state index contributed by atoms with van der Waals surface area (Å²) in [6.07, 6.45) is 0.859. The lowest BCUT2D eigenvalue weighted by molar-refractivity contribution is 0.720. The molecule has 0 atom stereocenters. The fraction of sp³-hybridized carbons (Fsp3) is 0.333. The number of rotatable bonds is 2. The van der Waals surface area contributed by atoms with Gasteiger partial charge in [-0.05, 0) is 11.4 Å². The Bertz CT molecular complexity index is 449. The van der Waals surface area contributed by atoms with E-state index in [9.17, 15) is 0 Å². The van der Waals surface area contributed by atoms with Gasteiger partial charge in [-0.25, -0.2) is 4.68 Å². The van der Waals surface area contributed by atoms with E-state index in [1.165, 1.54) is 4.88 Å². The average molecular weight is 238 g/mol. The van der Waals surface area contributed by atoms with Gasteiger partial charge in [-0.1, -0.05) is 17.8 Å². The normalized spacial score (nSPS) is 14.7. The summed E-state index contributed by atoms with van der Waals surface area (Å²) in [5, 5.41) is 11.4. The van der Waals surface area contributed by atoms with Crippen molar-refractivity contribution >= 4 is 23.1 Å². The van der Waals surface area contributed by atoms with Gasteiger partial charge in [-0.3, -0.25) is 0 Å². The molecule has 78 valence electrons.